The van der Waals surface area contributed by atoms with Crippen molar-refractivity contribution in [1.82, 2.24) is 10.0 Å². The topological polar surface area (TPSA) is 98.2 Å². The summed E-state index contributed by atoms with van der Waals surface area (Å²) in [5, 5.41) is 10.3. The number of benzene rings is 2. The largest absolute Gasteiger partial charge is 0.480 e. The van der Waals surface area contributed by atoms with Gasteiger partial charge < -0.3 is 14.6 Å². The third kappa shape index (κ3) is 4.54. The summed E-state index contributed by atoms with van der Waals surface area (Å²) in [6.45, 7) is -0.279. The first-order valence-electron chi connectivity index (χ1n) is 11.2. The van der Waals surface area contributed by atoms with E-state index < -0.39 is 24.3 Å². The molecule has 1 saturated heterocycles. The van der Waals surface area contributed by atoms with Crippen molar-refractivity contribution in [3.05, 3.63) is 88.2 Å². The summed E-state index contributed by atoms with van der Waals surface area (Å²) in [5.74, 6) is -1.19. The molecule has 2 heterocycles. The molecule has 180 valence electrons. The quantitative estimate of drug-likeness (QED) is 0.453. The van der Waals surface area contributed by atoms with E-state index in [2.05, 4.69) is 45.2 Å². The molecule has 1 fully saturated rings. The maximum atomic E-state index is 13.1. The molecule has 0 saturated carbocycles. The average Bonchev–Trinajstić information content (AvgIpc) is 3.20. The van der Waals surface area contributed by atoms with Crippen molar-refractivity contribution < 1.29 is 29.0 Å². The van der Waals surface area contributed by atoms with E-state index in [1.807, 2.05) is 24.3 Å². The van der Waals surface area contributed by atoms with Gasteiger partial charge in [-0.2, -0.15) is 5.06 Å². The van der Waals surface area contributed by atoms with Crippen LogP contribution in [0.3, 0.4) is 0 Å². The van der Waals surface area contributed by atoms with Crippen LogP contribution in [-0.4, -0.2) is 53.6 Å². The lowest BCUT2D eigenvalue weighted by atomic mass is 9.90. The van der Waals surface area contributed by atoms with Crippen LogP contribution < -0.4 is 0 Å². The van der Waals surface area contributed by atoms with Crippen LogP contribution in [0.5, 0.6) is 0 Å². The Balaban J connectivity index is 1.35. The van der Waals surface area contributed by atoms with Crippen molar-refractivity contribution in [1.29, 1.82) is 0 Å². The van der Waals surface area contributed by atoms with E-state index in [0.717, 1.165) is 27.3 Å². The van der Waals surface area contributed by atoms with Crippen molar-refractivity contribution in [3.63, 3.8) is 0 Å². The minimum Gasteiger partial charge on any atom is -0.480 e. The molecule has 1 atom stereocenters. The summed E-state index contributed by atoms with van der Waals surface area (Å²) in [5.41, 5.74) is 4.02. The van der Waals surface area contributed by atoms with Crippen LogP contribution in [0, 0.1) is 0 Å². The smallest absolute Gasteiger partial charge is 0.434 e. The first-order chi connectivity index (χ1) is 17.0. The van der Waals surface area contributed by atoms with E-state index >= 15 is 0 Å². The third-order valence-electron chi connectivity index (χ3n) is 6.41. The minimum absolute atomic E-state index is 0.0404. The lowest BCUT2D eigenvalue weighted by molar-refractivity contribution is -0.230. The first kappa shape index (κ1) is 23.5. The van der Waals surface area contributed by atoms with Crippen LogP contribution >= 0.6 is 15.9 Å². The maximum Gasteiger partial charge on any atom is 0.434 e. The van der Waals surface area contributed by atoms with Gasteiger partial charge in [0, 0.05) is 24.1 Å². The molecule has 1 aliphatic carbocycles. The Labute approximate surface area is 210 Å². The zero-order chi connectivity index (χ0) is 24.4. The van der Waals surface area contributed by atoms with Gasteiger partial charge in [-0.1, -0.05) is 54.6 Å². The number of aromatic nitrogens is 1. The third-order valence-corrected chi connectivity index (χ3v) is 7.05. The SMILES string of the molecule is O=C(O)COC1(c2cccnc2Br)CCON(C(=O)OCC2c3ccccc3-c3ccccc32)C1. The Morgan fingerprint density at radius 1 is 1.09 bits per heavy atom. The number of carboxylic acids is 1. The van der Waals surface area contributed by atoms with Crippen molar-refractivity contribution in [2.45, 2.75) is 17.9 Å². The second kappa shape index (κ2) is 9.77. The van der Waals surface area contributed by atoms with Gasteiger partial charge in [0.15, 0.2) is 0 Å². The fourth-order valence-electron chi connectivity index (χ4n) is 4.80. The zero-order valence-electron chi connectivity index (χ0n) is 18.7. The molecule has 2 aromatic carbocycles. The molecule has 0 spiro atoms. The number of carboxylic acid groups (broad SMARTS) is 1. The number of halogens is 1. The van der Waals surface area contributed by atoms with Crippen LogP contribution in [0.25, 0.3) is 11.1 Å². The first-order valence-corrected chi connectivity index (χ1v) is 12.0. The monoisotopic (exact) mass is 538 g/mol. The highest BCUT2D eigenvalue weighted by Crippen LogP contribution is 2.44. The molecule has 0 bridgehead atoms. The molecular formula is C26H23BrN2O6. The molecule has 9 heteroatoms. The number of hydrogen-bond donors (Lipinski definition) is 1. The minimum atomic E-state index is -1.12. The van der Waals surface area contributed by atoms with Gasteiger partial charge in [0.1, 0.15) is 23.4 Å². The van der Waals surface area contributed by atoms with Crippen molar-refractivity contribution in [2.75, 3.05) is 26.4 Å². The van der Waals surface area contributed by atoms with Crippen LogP contribution in [0.2, 0.25) is 0 Å². The predicted molar refractivity (Wildman–Crippen MR) is 130 cm³/mol. The Kier molecular flexibility index (Phi) is 6.55. The van der Waals surface area contributed by atoms with Crippen LogP contribution in [0.4, 0.5) is 4.79 Å². The summed E-state index contributed by atoms with van der Waals surface area (Å²) in [4.78, 5) is 34.2. The Hall–Kier alpha value is -3.27. The molecule has 3 aromatic rings. The zero-order valence-corrected chi connectivity index (χ0v) is 20.3. The molecule has 1 aromatic heterocycles. The fraction of sp³-hybridized carbons (Fsp3) is 0.269. The van der Waals surface area contributed by atoms with Gasteiger partial charge in [-0.3, -0.25) is 4.84 Å². The van der Waals surface area contributed by atoms with E-state index in [1.165, 1.54) is 0 Å². The second-order valence-electron chi connectivity index (χ2n) is 8.44. The molecule has 1 N–H and O–H groups in total. The number of carbonyl (C=O) groups excluding carboxylic acids is 1. The number of amides is 1. The molecule has 1 aliphatic heterocycles. The standard InChI is InChI=1S/C26H23BrN2O6/c27-24-22(10-5-12-28-24)26(34-15-23(30)31)11-13-35-29(16-26)25(32)33-14-21-19-8-3-1-6-17(19)18-7-2-4-9-20(18)21/h1-10,12,21H,11,13-16H2,(H,30,31). The summed E-state index contributed by atoms with van der Waals surface area (Å²) in [6, 6.07) is 19.7. The number of rotatable bonds is 6. The highest BCUT2D eigenvalue weighted by Gasteiger charge is 2.43. The summed E-state index contributed by atoms with van der Waals surface area (Å²) in [7, 11) is 0. The van der Waals surface area contributed by atoms with Crippen molar-refractivity contribution in [3.8, 4) is 11.1 Å². The Morgan fingerprint density at radius 2 is 1.77 bits per heavy atom. The molecule has 1 unspecified atom stereocenters. The van der Waals surface area contributed by atoms with Gasteiger partial charge >= 0.3 is 12.1 Å². The van der Waals surface area contributed by atoms with E-state index in [0.29, 0.717) is 16.6 Å². The molecule has 5 rings (SSSR count). The average molecular weight is 539 g/mol. The Bertz CT molecular complexity index is 1220. The second-order valence-corrected chi connectivity index (χ2v) is 9.19. The lowest BCUT2D eigenvalue weighted by Crippen LogP contribution is -2.51. The molecule has 35 heavy (non-hydrogen) atoms. The van der Waals surface area contributed by atoms with Crippen molar-refractivity contribution >= 4 is 28.0 Å². The number of aliphatic carboxylic acids is 1. The number of carbonyl (C=O) groups is 2. The molecule has 0 radical (unpaired) electrons. The van der Waals surface area contributed by atoms with E-state index in [1.54, 1.807) is 18.3 Å². The van der Waals surface area contributed by atoms with Gasteiger partial charge in [0.2, 0.25) is 0 Å². The highest BCUT2D eigenvalue weighted by atomic mass is 79.9. The van der Waals surface area contributed by atoms with Gasteiger partial charge in [-0.05, 0) is 44.3 Å². The molecule has 1 amide bonds. The fourth-order valence-corrected chi connectivity index (χ4v) is 5.41. The van der Waals surface area contributed by atoms with Crippen LogP contribution in [0.15, 0.2) is 71.5 Å². The van der Waals surface area contributed by atoms with Crippen LogP contribution in [0.1, 0.15) is 29.0 Å². The van der Waals surface area contributed by atoms with Gasteiger partial charge in [-0.25, -0.2) is 14.6 Å². The number of ether oxygens (including phenoxy) is 2. The van der Waals surface area contributed by atoms with E-state index in [9.17, 15) is 14.7 Å². The summed E-state index contributed by atoms with van der Waals surface area (Å²) in [6.07, 6.45) is 1.30. The van der Waals surface area contributed by atoms with E-state index in [4.69, 9.17) is 14.3 Å². The molecule has 8 nitrogen and oxygen atoms in total. The van der Waals surface area contributed by atoms with Crippen LogP contribution in [-0.2, 0) is 24.7 Å². The summed E-state index contributed by atoms with van der Waals surface area (Å²) >= 11 is 3.42. The van der Waals surface area contributed by atoms with Gasteiger partial charge in [0.05, 0.1) is 13.2 Å². The number of fused-ring (bicyclic) bond motifs is 3. The normalized spacial score (nSPS) is 19.2. The lowest BCUT2D eigenvalue weighted by Gasteiger charge is -2.41. The number of pyridine rings is 1. The van der Waals surface area contributed by atoms with E-state index in [-0.39, 0.29) is 25.7 Å². The maximum absolute atomic E-state index is 13.1. The number of nitrogens with zero attached hydrogens (tertiary/aromatic N) is 2. The highest BCUT2D eigenvalue weighted by molar-refractivity contribution is 9.10. The molecular weight excluding hydrogens is 516 g/mol. The molecule has 2 aliphatic rings. The van der Waals surface area contributed by atoms with Gasteiger partial charge in [-0.15, -0.1) is 0 Å². The van der Waals surface area contributed by atoms with Gasteiger partial charge in [0.25, 0.3) is 0 Å². The number of hydrogen-bond acceptors (Lipinski definition) is 6. The summed E-state index contributed by atoms with van der Waals surface area (Å²) < 4.78 is 12.1. The van der Waals surface area contributed by atoms with Crippen molar-refractivity contribution in [2.24, 2.45) is 0 Å². The number of hydroxylamine groups is 2. The predicted octanol–water partition coefficient (Wildman–Crippen LogP) is 4.73. The Morgan fingerprint density at radius 3 is 2.43 bits per heavy atom.